The number of halogens is 3. The maximum absolute atomic E-state index is 11.5. The van der Waals surface area contributed by atoms with Gasteiger partial charge in [-0.3, -0.25) is 0 Å². The molecule has 6 rings (SSSR count). The molecule has 0 N–H and O–H groups in total. The SMILES string of the molecule is C/C=C/OC.C=C(C(=O)OC)C(F)(F)F.C=C(C)C(=O)OC.C=CC(=O)OC.C=COC.CC1CO1.CC1OC1(C)C.COCC1(C)CO1.COCC1CCC2OC2C1.COCC1CO1. The minimum absolute atomic E-state index is 0.0781. The van der Waals surface area contributed by atoms with Crippen molar-refractivity contribution in [3.05, 3.63) is 62.1 Å². The van der Waals surface area contributed by atoms with E-state index < -0.39 is 23.7 Å². The summed E-state index contributed by atoms with van der Waals surface area (Å²) in [5.41, 5.74) is -0.771. The molecule has 0 bridgehead atoms. The molecule has 6 aliphatic rings. The van der Waals surface area contributed by atoms with Crippen molar-refractivity contribution in [2.24, 2.45) is 5.92 Å². The zero-order chi connectivity index (χ0) is 51.2. The van der Waals surface area contributed by atoms with Crippen molar-refractivity contribution >= 4 is 17.9 Å². The summed E-state index contributed by atoms with van der Waals surface area (Å²) in [5.74, 6) is -1.42. The van der Waals surface area contributed by atoms with Gasteiger partial charge in [-0.1, -0.05) is 32.4 Å². The second-order valence-corrected chi connectivity index (χ2v) is 15.0. The third-order valence-corrected chi connectivity index (χ3v) is 8.37. The van der Waals surface area contributed by atoms with Crippen LogP contribution in [0.5, 0.6) is 0 Å². The second-order valence-electron chi connectivity index (χ2n) is 15.0. The van der Waals surface area contributed by atoms with E-state index in [-0.39, 0.29) is 17.2 Å². The van der Waals surface area contributed by atoms with Gasteiger partial charge in [0, 0.05) is 39.6 Å². The predicted molar refractivity (Wildman–Crippen MR) is 241 cm³/mol. The Kier molecular flexibility index (Phi) is 41.0. The van der Waals surface area contributed by atoms with Crippen molar-refractivity contribution < 1.29 is 89.1 Å². The van der Waals surface area contributed by atoms with Gasteiger partial charge in [0.15, 0.2) is 0 Å². The Labute approximate surface area is 386 Å². The molecule has 0 aromatic carbocycles. The van der Waals surface area contributed by atoms with E-state index in [9.17, 15) is 27.6 Å². The number of allylic oxidation sites excluding steroid dienone is 1. The van der Waals surface area contributed by atoms with Crippen LogP contribution in [0, 0.1) is 5.92 Å². The largest absolute Gasteiger partial charge is 0.505 e. The van der Waals surface area contributed by atoms with Crippen LogP contribution in [0.15, 0.2) is 62.1 Å². The first-order valence-corrected chi connectivity index (χ1v) is 20.6. The molecule has 382 valence electrons. The Hall–Kier alpha value is -3.82. The molecule has 5 saturated heterocycles. The van der Waals surface area contributed by atoms with Gasteiger partial charge in [0.2, 0.25) is 0 Å². The van der Waals surface area contributed by atoms with Crippen LogP contribution in [0.4, 0.5) is 13.2 Å². The fourth-order valence-corrected chi connectivity index (χ4v) is 3.89. The highest BCUT2D eigenvalue weighted by atomic mass is 19.4. The van der Waals surface area contributed by atoms with Gasteiger partial charge in [0.05, 0.1) is 111 Å². The molecule has 0 spiro atoms. The number of epoxide rings is 5. The van der Waals surface area contributed by atoms with Crippen LogP contribution >= 0.6 is 0 Å². The van der Waals surface area contributed by atoms with Crippen LogP contribution < -0.4 is 0 Å². The van der Waals surface area contributed by atoms with E-state index >= 15 is 0 Å². The van der Waals surface area contributed by atoms with Crippen molar-refractivity contribution in [3.63, 3.8) is 0 Å². The number of esters is 3. The van der Waals surface area contributed by atoms with Gasteiger partial charge >= 0.3 is 24.1 Å². The van der Waals surface area contributed by atoms with Gasteiger partial charge < -0.3 is 61.6 Å². The van der Waals surface area contributed by atoms with Gasteiger partial charge in [-0.25, -0.2) is 14.4 Å². The number of hydrogen-bond acceptors (Lipinski definition) is 16. The molecular weight excluding hydrogens is 865 g/mol. The third kappa shape index (κ3) is 46.5. The molecule has 16 nitrogen and oxygen atoms in total. The highest BCUT2D eigenvalue weighted by molar-refractivity contribution is 5.89. The number of carbonyl (C=O) groups excluding carboxylic acids is 3. The van der Waals surface area contributed by atoms with E-state index in [1.165, 1.54) is 39.7 Å². The van der Waals surface area contributed by atoms with Crippen molar-refractivity contribution in [2.75, 3.05) is 96.5 Å². The Morgan fingerprint density at radius 1 is 0.785 bits per heavy atom. The Morgan fingerprint density at radius 3 is 1.42 bits per heavy atom. The van der Waals surface area contributed by atoms with Crippen LogP contribution in [0.3, 0.4) is 0 Å². The zero-order valence-electron chi connectivity index (χ0n) is 41.6. The molecule has 6 fully saturated rings. The van der Waals surface area contributed by atoms with Crippen LogP contribution in [-0.2, 0) is 76.0 Å². The lowest BCUT2D eigenvalue weighted by molar-refractivity contribution is -0.148. The number of fused-ring (bicyclic) bond motifs is 1. The molecular formula is C46H81F3O16. The van der Waals surface area contributed by atoms with Crippen LogP contribution in [0.1, 0.15) is 67.7 Å². The number of alkyl halides is 3. The molecule has 0 radical (unpaired) electrons. The van der Waals surface area contributed by atoms with Gasteiger partial charge in [0.1, 0.15) is 17.3 Å². The topological polar surface area (TPSA) is 188 Å². The summed E-state index contributed by atoms with van der Waals surface area (Å²) in [4.78, 5) is 30.1. The van der Waals surface area contributed by atoms with E-state index in [0.29, 0.717) is 36.1 Å². The average molecular weight is 947 g/mol. The molecule has 0 amide bonds. The zero-order valence-corrected chi connectivity index (χ0v) is 41.6. The lowest BCUT2D eigenvalue weighted by atomic mass is 9.90. The first-order chi connectivity index (χ1) is 30.3. The fraction of sp³-hybridized carbons (Fsp3) is 0.717. The summed E-state index contributed by atoms with van der Waals surface area (Å²) < 4.78 is 95.2. The summed E-state index contributed by atoms with van der Waals surface area (Å²) >= 11 is 0. The van der Waals surface area contributed by atoms with E-state index in [4.69, 9.17) is 37.9 Å². The van der Waals surface area contributed by atoms with Crippen LogP contribution in [0.2, 0.25) is 0 Å². The molecule has 1 aliphatic carbocycles. The maximum Gasteiger partial charge on any atom is 0.422 e. The highest BCUT2D eigenvalue weighted by Gasteiger charge is 2.44. The van der Waals surface area contributed by atoms with Gasteiger partial charge in [0.25, 0.3) is 0 Å². The number of methoxy groups -OCH3 is 8. The Morgan fingerprint density at radius 2 is 1.26 bits per heavy atom. The fourth-order valence-electron chi connectivity index (χ4n) is 3.89. The van der Waals surface area contributed by atoms with Crippen LogP contribution in [-0.4, -0.2) is 162 Å². The average Bonchev–Trinajstić information content (AvgIpc) is 3.99. The number of ether oxygens (including phenoxy) is 13. The normalized spacial score (nSPS) is 24.1. The summed E-state index contributed by atoms with van der Waals surface area (Å²) in [6.45, 7) is 31.3. The first kappa shape index (κ1) is 67.8. The van der Waals surface area contributed by atoms with Gasteiger partial charge in [-0.15, -0.1) is 0 Å². The lowest BCUT2D eigenvalue weighted by Gasteiger charge is -2.16. The minimum atomic E-state index is -4.69. The van der Waals surface area contributed by atoms with E-state index in [1.54, 1.807) is 48.7 Å². The monoisotopic (exact) mass is 947 g/mol. The predicted octanol–water partition coefficient (Wildman–Crippen LogP) is 7.54. The summed E-state index contributed by atoms with van der Waals surface area (Å²) in [7, 11) is 11.8. The highest BCUT2D eigenvalue weighted by Crippen LogP contribution is 2.39. The van der Waals surface area contributed by atoms with E-state index in [2.05, 4.69) is 77.7 Å². The van der Waals surface area contributed by atoms with E-state index in [1.807, 2.05) is 19.9 Å². The smallest absolute Gasteiger partial charge is 0.422 e. The molecule has 7 unspecified atom stereocenters. The van der Waals surface area contributed by atoms with Gasteiger partial charge in [-0.05, 0) is 73.6 Å². The first-order valence-electron chi connectivity index (χ1n) is 20.6. The number of hydrogen-bond donors (Lipinski definition) is 0. The lowest BCUT2D eigenvalue weighted by Crippen LogP contribution is -2.19. The van der Waals surface area contributed by atoms with Gasteiger partial charge in [-0.2, -0.15) is 13.2 Å². The quantitative estimate of drug-likeness (QED) is 0.0649. The van der Waals surface area contributed by atoms with Crippen molar-refractivity contribution in [1.82, 2.24) is 0 Å². The molecule has 65 heavy (non-hydrogen) atoms. The Bertz CT molecular complexity index is 1330. The molecule has 5 aliphatic heterocycles. The second kappa shape index (κ2) is 39.4. The van der Waals surface area contributed by atoms with Crippen molar-refractivity contribution in [1.29, 1.82) is 0 Å². The van der Waals surface area contributed by atoms with Crippen LogP contribution in [0.25, 0.3) is 0 Å². The molecule has 7 atom stereocenters. The minimum Gasteiger partial charge on any atom is -0.505 e. The summed E-state index contributed by atoms with van der Waals surface area (Å²) in [5, 5.41) is 0. The molecule has 0 aromatic rings. The molecule has 0 aromatic heterocycles. The summed E-state index contributed by atoms with van der Waals surface area (Å²) in [6, 6.07) is 0. The van der Waals surface area contributed by atoms with Crippen molar-refractivity contribution in [2.45, 2.75) is 116 Å². The molecule has 1 saturated carbocycles. The molecule has 5 heterocycles. The Balaban J connectivity index is -0.000000322. The third-order valence-electron chi connectivity index (χ3n) is 8.37. The van der Waals surface area contributed by atoms with Crippen molar-refractivity contribution in [3.8, 4) is 0 Å². The van der Waals surface area contributed by atoms with E-state index in [0.717, 1.165) is 58.7 Å². The maximum atomic E-state index is 11.5. The summed E-state index contributed by atoms with van der Waals surface area (Å²) in [6.07, 6.45) is 7.80. The standard InChI is InChI=1S/C8H14O2.C5H5F3O2.C5H10O2.C5H8O2.C5H10O.C4H8O2.C4H6O2.C4H8O.2C3H6O/c1-9-5-6-2-3-7-8(4-6)10-7;1-3(4(9)10-2)5(6,7)8;1-5(3-6-2)4-7-5;1-4(2)5(6)7-3;1-4-5(2,3)6-4;1-5-2-4-3-6-4;1-3-4(5)6-2;1-3-4-5-2;1-3-2-4-3;1-3-4-2/h6-8H,2-5H2,1H3;1H2,2H3;3-4H2,1-2H3;1H2,2-3H3;4H,1-3H3;4H,2-3H2,1H3;3H,1H2,2H3;3-4H,1-2H3;3H,2H2,1H3;3H,1H2,2H3/b;;;;;;;4-3+;;. The molecule has 19 heteroatoms. The number of rotatable bonds is 11. The number of carbonyl (C=O) groups is 3.